The van der Waals surface area contributed by atoms with Crippen LogP contribution in [0.15, 0.2) is 18.2 Å². The molecule has 84 valence electrons. The minimum absolute atomic E-state index is 0.0278. The van der Waals surface area contributed by atoms with E-state index in [1.165, 1.54) is 12.3 Å². The predicted octanol–water partition coefficient (Wildman–Crippen LogP) is 2.17. The van der Waals surface area contributed by atoms with Crippen molar-refractivity contribution in [1.29, 1.82) is 0 Å². The van der Waals surface area contributed by atoms with E-state index in [4.69, 9.17) is 5.73 Å². The highest BCUT2D eigenvalue weighted by molar-refractivity contribution is 7.83. The Morgan fingerprint density at radius 2 is 2.00 bits per heavy atom. The Kier molecular flexibility index (Phi) is 3.38. The lowest BCUT2D eigenvalue weighted by molar-refractivity contribution is -0.137. The number of halogens is 3. The van der Waals surface area contributed by atoms with E-state index in [-0.39, 0.29) is 11.4 Å². The number of rotatable bonds is 2. The zero-order valence-electron chi connectivity index (χ0n) is 7.97. The van der Waals surface area contributed by atoms with Crippen LogP contribution in [0.5, 0.6) is 0 Å². The first kappa shape index (κ1) is 12.0. The molecule has 0 radical (unpaired) electrons. The van der Waals surface area contributed by atoms with Gasteiger partial charge >= 0.3 is 6.18 Å². The number of anilines is 1. The van der Waals surface area contributed by atoms with Crippen molar-refractivity contribution in [2.75, 3.05) is 12.0 Å². The molecule has 1 aromatic rings. The Hall–Kier alpha value is -1.04. The topological polar surface area (TPSA) is 43.1 Å². The van der Waals surface area contributed by atoms with E-state index in [0.717, 1.165) is 12.1 Å². The number of benzene rings is 1. The zero-order valence-corrected chi connectivity index (χ0v) is 8.78. The quantitative estimate of drug-likeness (QED) is 0.801. The summed E-state index contributed by atoms with van der Waals surface area (Å²) < 4.78 is 47.6. The smallest absolute Gasteiger partial charge is 0.398 e. The van der Waals surface area contributed by atoms with Gasteiger partial charge in [0.25, 0.3) is 0 Å². The molecule has 0 amide bonds. The molecule has 1 atom stereocenters. The van der Waals surface area contributed by atoms with Gasteiger partial charge in [-0.2, -0.15) is 13.2 Å². The summed E-state index contributed by atoms with van der Waals surface area (Å²) in [5.74, 6) is 0.171. The molecular weight excluding hydrogens is 227 g/mol. The summed E-state index contributed by atoms with van der Waals surface area (Å²) in [4.78, 5) is 0. The van der Waals surface area contributed by atoms with Gasteiger partial charge in [0.15, 0.2) is 0 Å². The number of hydrogen-bond donors (Lipinski definition) is 1. The fourth-order valence-corrected chi connectivity index (χ4v) is 1.82. The molecule has 0 spiro atoms. The summed E-state index contributed by atoms with van der Waals surface area (Å²) in [6, 6.07) is 3.07. The maximum atomic E-state index is 12.2. The Bertz CT molecular complexity index is 389. The van der Waals surface area contributed by atoms with Crippen LogP contribution in [0.3, 0.4) is 0 Å². The van der Waals surface area contributed by atoms with Gasteiger partial charge in [-0.25, -0.2) is 0 Å². The highest BCUT2D eigenvalue weighted by atomic mass is 32.2. The van der Waals surface area contributed by atoms with Crippen LogP contribution >= 0.6 is 0 Å². The molecule has 0 aromatic heterocycles. The highest BCUT2D eigenvalue weighted by Crippen LogP contribution is 2.31. The average Bonchev–Trinajstić information content (AvgIpc) is 2.05. The molecule has 2 nitrogen and oxygen atoms in total. The first-order valence-corrected chi connectivity index (χ1v) is 5.79. The molecule has 0 saturated carbocycles. The van der Waals surface area contributed by atoms with E-state index in [1.54, 1.807) is 0 Å². The third kappa shape index (κ3) is 3.23. The molecule has 1 aromatic carbocycles. The zero-order chi connectivity index (χ0) is 11.6. The molecule has 6 heteroatoms. The van der Waals surface area contributed by atoms with E-state index < -0.39 is 22.5 Å². The maximum Gasteiger partial charge on any atom is 0.416 e. The van der Waals surface area contributed by atoms with Crippen molar-refractivity contribution in [3.05, 3.63) is 29.3 Å². The molecule has 0 fully saturated rings. The second-order valence-electron chi connectivity index (χ2n) is 3.13. The summed E-state index contributed by atoms with van der Waals surface area (Å²) in [7, 11) is -1.12. The first-order chi connectivity index (χ1) is 6.80. The Balaban J connectivity index is 3.03. The van der Waals surface area contributed by atoms with Crippen molar-refractivity contribution in [3.8, 4) is 0 Å². The highest BCUT2D eigenvalue weighted by Gasteiger charge is 2.30. The van der Waals surface area contributed by atoms with Crippen LogP contribution in [-0.4, -0.2) is 10.5 Å². The van der Waals surface area contributed by atoms with E-state index in [1.807, 2.05) is 0 Å². The van der Waals surface area contributed by atoms with Gasteiger partial charge in [-0.1, -0.05) is 6.07 Å². The van der Waals surface area contributed by atoms with Crippen LogP contribution in [-0.2, 0) is 22.7 Å². The van der Waals surface area contributed by atoms with Crippen molar-refractivity contribution in [1.82, 2.24) is 0 Å². The van der Waals surface area contributed by atoms with Crippen molar-refractivity contribution >= 4 is 16.5 Å². The lowest BCUT2D eigenvalue weighted by Gasteiger charge is -2.09. The van der Waals surface area contributed by atoms with Crippen molar-refractivity contribution in [3.63, 3.8) is 0 Å². The van der Waals surface area contributed by atoms with Crippen LogP contribution in [0.25, 0.3) is 0 Å². The normalized spacial score (nSPS) is 13.9. The largest absolute Gasteiger partial charge is 0.416 e. The van der Waals surface area contributed by atoms with Gasteiger partial charge in [0.2, 0.25) is 0 Å². The molecule has 0 aliphatic rings. The number of hydrogen-bond acceptors (Lipinski definition) is 2. The molecule has 1 rings (SSSR count). The molecule has 15 heavy (non-hydrogen) atoms. The Morgan fingerprint density at radius 3 is 2.40 bits per heavy atom. The lowest BCUT2D eigenvalue weighted by Crippen LogP contribution is -2.07. The van der Waals surface area contributed by atoms with E-state index >= 15 is 0 Å². The maximum absolute atomic E-state index is 12.2. The van der Waals surface area contributed by atoms with Crippen molar-refractivity contribution in [2.45, 2.75) is 11.9 Å². The van der Waals surface area contributed by atoms with Gasteiger partial charge < -0.3 is 5.73 Å². The standard InChI is InChI=1S/C9H10F3NOS/c1-15(14)5-6-2-3-7(4-8(6)13)9(10,11)12/h2-4H,5,13H2,1H3. The molecular formula is C9H10F3NOS. The molecule has 0 aliphatic carbocycles. The number of alkyl halides is 3. The average molecular weight is 237 g/mol. The Labute approximate surface area is 87.7 Å². The fourth-order valence-electron chi connectivity index (χ4n) is 1.12. The van der Waals surface area contributed by atoms with Crippen molar-refractivity contribution < 1.29 is 17.4 Å². The second-order valence-corrected chi connectivity index (χ2v) is 4.56. The van der Waals surface area contributed by atoms with Gasteiger partial charge in [-0.05, 0) is 17.7 Å². The van der Waals surface area contributed by atoms with Crippen LogP contribution in [0.4, 0.5) is 18.9 Å². The molecule has 1 unspecified atom stereocenters. The van der Waals surface area contributed by atoms with Crippen LogP contribution in [0.2, 0.25) is 0 Å². The van der Waals surface area contributed by atoms with Crippen LogP contribution < -0.4 is 5.73 Å². The third-order valence-corrected chi connectivity index (χ3v) is 2.55. The number of nitrogens with two attached hydrogens (primary N) is 1. The minimum atomic E-state index is -4.39. The van der Waals surface area contributed by atoms with Gasteiger partial charge in [0, 0.05) is 22.7 Å². The summed E-state index contributed by atoms with van der Waals surface area (Å²) in [5.41, 5.74) is 5.15. The van der Waals surface area contributed by atoms with Gasteiger partial charge in [-0.15, -0.1) is 0 Å². The SMILES string of the molecule is CS(=O)Cc1ccc(C(F)(F)F)cc1N. The number of nitrogen functional groups attached to an aromatic ring is 1. The van der Waals surface area contributed by atoms with Crippen molar-refractivity contribution in [2.24, 2.45) is 0 Å². The summed E-state index contributed by atoms with van der Waals surface area (Å²) in [5, 5.41) is 0. The van der Waals surface area contributed by atoms with Crippen LogP contribution in [0.1, 0.15) is 11.1 Å². The minimum Gasteiger partial charge on any atom is -0.398 e. The molecule has 0 heterocycles. The monoisotopic (exact) mass is 237 g/mol. The van der Waals surface area contributed by atoms with E-state index in [0.29, 0.717) is 5.56 Å². The van der Waals surface area contributed by atoms with Gasteiger partial charge in [-0.3, -0.25) is 4.21 Å². The summed E-state index contributed by atoms with van der Waals surface area (Å²) in [6.07, 6.45) is -2.92. The predicted molar refractivity (Wildman–Crippen MR) is 53.6 cm³/mol. The summed E-state index contributed by atoms with van der Waals surface area (Å²) in [6.45, 7) is 0. The second kappa shape index (κ2) is 4.22. The molecule has 2 N–H and O–H groups in total. The fraction of sp³-hybridized carbons (Fsp3) is 0.333. The Morgan fingerprint density at radius 1 is 1.40 bits per heavy atom. The van der Waals surface area contributed by atoms with Crippen LogP contribution in [0, 0.1) is 0 Å². The van der Waals surface area contributed by atoms with E-state index in [2.05, 4.69) is 0 Å². The summed E-state index contributed by atoms with van der Waals surface area (Å²) >= 11 is 0. The first-order valence-electron chi connectivity index (χ1n) is 4.06. The van der Waals surface area contributed by atoms with Gasteiger partial charge in [0.1, 0.15) is 0 Å². The molecule has 0 bridgehead atoms. The third-order valence-electron chi connectivity index (χ3n) is 1.83. The van der Waals surface area contributed by atoms with Gasteiger partial charge in [0.05, 0.1) is 11.3 Å². The molecule has 0 aliphatic heterocycles. The van der Waals surface area contributed by atoms with E-state index in [9.17, 15) is 17.4 Å². The lowest BCUT2D eigenvalue weighted by atomic mass is 10.1. The molecule has 0 saturated heterocycles.